The van der Waals surface area contributed by atoms with Gasteiger partial charge in [-0.15, -0.1) is 0 Å². The van der Waals surface area contributed by atoms with Crippen LogP contribution in [0.4, 0.5) is 4.79 Å². The van der Waals surface area contributed by atoms with E-state index in [1.54, 1.807) is 11.8 Å². The summed E-state index contributed by atoms with van der Waals surface area (Å²) in [5.74, 6) is 0.532. The molecule has 1 aliphatic carbocycles. The fourth-order valence-corrected chi connectivity index (χ4v) is 1.99. The number of carbonyl (C=O) groups excluding carboxylic acids is 1. The molecule has 0 aromatic heterocycles. The fraction of sp³-hybridized carbons (Fsp3) is 0.875. The lowest BCUT2D eigenvalue weighted by Gasteiger charge is -2.57. The Kier molecular flexibility index (Phi) is 1.72. The highest BCUT2D eigenvalue weighted by atomic mass is 16.6. The average molecular weight is 171 g/mol. The molecule has 68 valence electrons. The lowest BCUT2D eigenvalue weighted by atomic mass is 9.69. The minimum atomic E-state index is -0.312. The smallest absolute Gasteiger partial charge is 0.410 e. The van der Waals surface area contributed by atoms with Crippen molar-refractivity contribution >= 4 is 6.09 Å². The molecule has 1 heterocycles. The van der Waals surface area contributed by atoms with Crippen LogP contribution in [0.5, 0.6) is 0 Å². The number of aliphatic hydroxyl groups excluding tert-OH is 1. The predicted octanol–water partition coefficient (Wildman–Crippen LogP) is 0.208. The number of ether oxygens (including phenoxy) is 1. The summed E-state index contributed by atoms with van der Waals surface area (Å²) in [6, 6.07) is 0.0593. The lowest BCUT2D eigenvalue weighted by molar-refractivity contribution is -0.137. The maximum absolute atomic E-state index is 11.2. The number of rotatable bonds is 1. The van der Waals surface area contributed by atoms with Crippen LogP contribution in [0.25, 0.3) is 0 Å². The quantitative estimate of drug-likeness (QED) is 0.613. The molecule has 12 heavy (non-hydrogen) atoms. The first-order chi connectivity index (χ1) is 5.74. The number of fused-ring (bicyclic) bond motifs is 1. The first-order valence-corrected chi connectivity index (χ1v) is 4.35. The Balaban J connectivity index is 1.87. The zero-order valence-corrected chi connectivity index (χ0v) is 7.06. The summed E-state index contributed by atoms with van der Waals surface area (Å²) in [5, 5.41) is 9.28. The van der Waals surface area contributed by atoms with Crippen LogP contribution in [0.3, 0.4) is 0 Å². The number of hydrogen-bond acceptors (Lipinski definition) is 3. The van der Waals surface area contributed by atoms with Crippen LogP contribution in [-0.2, 0) is 4.74 Å². The van der Waals surface area contributed by atoms with E-state index in [4.69, 9.17) is 4.74 Å². The monoisotopic (exact) mass is 171 g/mol. The van der Waals surface area contributed by atoms with E-state index in [-0.39, 0.29) is 18.2 Å². The molecule has 1 amide bonds. The number of piperidine rings is 1. The molecule has 0 bridgehead atoms. The van der Waals surface area contributed by atoms with Gasteiger partial charge in [0.15, 0.2) is 0 Å². The van der Waals surface area contributed by atoms with E-state index >= 15 is 0 Å². The van der Waals surface area contributed by atoms with Gasteiger partial charge in [-0.1, -0.05) is 0 Å². The Labute approximate surface area is 71.1 Å². The lowest BCUT2D eigenvalue weighted by Crippen LogP contribution is -2.71. The van der Waals surface area contributed by atoms with Crippen LogP contribution in [0.1, 0.15) is 13.3 Å². The SMILES string of the molecule is CCOC(=O)N1CC2CC(O)C21. The summed E-state index contributed by atoms with van der Waals surface area (Å²) in [6.45, 7) is 2.95. The Bertz CT molecular complexity index is 202. The standard InChI is InChI=1S/C8H13NO3/c1-2-12-8(11)9-4-5-3-6(10)7(5)9/h5-7,10H,2-4H2,1H3. The number of carbonyl (C=O) groups is 1. The second-order valence-electron chi connectivity index (χ2n) is 3.41. The molecule has 1 saturated carbocycles. The molecular formula is C8H13NO3. The number of likely N-dealkylation sites (tertiary alicyclic amines) is 1. The van der Waals surface area contributed by atoms with E-state index in [0.717, 1.165) is 13.0 Å². The fourth-order valence-electron chi connectivity index (χ4n) is 1.99. The van der Waals surface area contributed by atoms with Crippen molar-refractivity contribution in [2.75, 3.05) is 13.2 Å². The topological polar surface area (TPSA) is 49.8 Å². The first-order valence-electron chi connectivity index (χ1n) is 4.35. The Morgan fingerprint density at radius 3 is 3.00 bits per heavy atom. The zero-order valence-electron chi connectivity index (χ0n) is 7.06. The molecule has 0 radical (unpaired) electrons. The molecule has 3 atom stereocenters. The van der Waals surface area contributed by atoms with E-state index in [1.165, 1.54) is 0 Å². The van der Waals surface area contributed by atoms with Crippen molar-refractivity contribution in [2.24, 2.45) is 5.92 Å². The number of amides is 1. The van der Waals surface area contributed by atoms with Crippen molar-refractivity contribution < 1.29 is 14.6 Å². The molecule has 2 aliphatic rings. The predicted molar refractivity (Wildman–Crippen MR) is 41.6 cm³/mol. The Morgan fingerprint density at radius 1 is 1.75 bits per heavy atom. The van der Waals surface area contributed by atoms with E-state index in [2.05, 4.69) is 0 Å². The normalized spacial score (nSPS) is 37.8. The summed E-state index contributed by atoms with van der Waals surface area (Å²) in [7, 11) is 0. The highest BCUT2D eigenvalue weighted by Crippen LogP contribution is 2.41. The van der Waals surface area contributed by atoms with Crippen molar-refractivity contribution in [3.05, 3.63) is 0 Å². The summed E-state index contributed by atoms with van der Waals surface area (Å²) in [4.78, 5) is 12.8. The van der Waals surface area contributed by atoms with Crippen molar-refractivity contribution in [3.8, 4) is 0 Å². The average Bonchev–Trinajstić information content (AvgIpc) is 1.98. The molecule has 0 aromatic rings. The van der Waals surface area contributed by atoms with Gasteiger partial charge in [-0.2, -0.15) is 0 Å². The highest BCUT2D eigenvalue weighted by Gasteiger charge is 2.54. The van der Waals surface area contributed by atoms with E-state index in [9.17, 15) is 9.90 Å². The van der Waals surface area contributed by atoms with Gasteiger partial charge in [0.05, 0.1) is 18.8 Å². The highest BCUT2D eigenvalue weighted by molar-refractivity contribution is 5.69. The van der Waals surface area contributed by atoms with Gasteiger partial charge < -0.3 is 14.7 Å². The molecule has 1 N–H and O–H groups in total. The van der Waals surface area contributed by atoms with Gasteiger partial charge in [0, 0.05) is 12.5 Å². The molecule has 1 aliphatic heterocycles. The van der Waals surface area contributed by atoms with Gasteiger partial charge in [-0.05, 0) is 13.3 Å². The van der Waals surface area contributed by atoms with Crippen molar-refractivity contribution in [1.29, 1.82) is 0 Å². The third-order valence-corrected chi connectivity index (χ3v) is 2.71. The molecule has 4 heteroatoms. The number of hydrogen-bond donors (Lipinski definition) is 1. The molecule has 2 fully saturated rings. The molecule has 1 saturated heterocycles. The minimum Gasteiger partial charge on any atom is -0.450 e. The molecule has 3 unspecified atom stereocenters. The van der Waals surface area contributed by atoms with E-state index < -0.39 is 0 Å². The maximum atomic E-state index is 11.2. The second kappa shape index (κ2) is 2.62. The van der Waals surface area contributed by atoms with Crippen LogP contribution in [-0.4, -0.2) is 41.4 Å². The van der Waals surface area contributed by atoms with Crippen molar-refractivity contribution in [1.82, 2.24) is 4.90 Å². The molecule has 4 nitrogen and oxygen atoms in total. The molecule has 0 spiro atoms. The van der Waals surface area contributed by atoms with Crippen LogP contribution in [0.2, 0.25) is 0 Å². The van der Waals surface area contributed by atoms with Gasteiger partial charge in [0.1, 0.15) is 0 Å². The first kappa shape index (κ1) is 7.86. The third kappa shape index (κ3) is 0.909. The van der Waals surface area contributed by atoms with Gasteiger partial charge in [-0.25, -0.2) is 4.79 Å². The molecule has 0 aromatic carbocycles. The van der Waals surface area contributed by atoms with Crippen molar-refractivity contribution in [2.45, 2.75) is 25.5 Å². The van der Waals surface area contributed by atoms with E-state index in [1.807, 2.05) is 0 Å². The second-order valence-corrected chi connectivity index (χ2v) is 3.41. The number of nitrogens with zero attached hydrogens (tertiary/aromatic N) is 1. The van der Waals surface area contributed by atoms with Gasteiger partial charge in [0.2, 0.25) is 0 Å². The third-order valence-electron chi connectivity index (χ3n) is 2.71. The summed E-state index contributed by atoms with van der Waals surface area (Å²) < 4.78 is 4.82. The van der Waals surface area contributed by atoms with E-state index in [0.29, 0.717) is 12.5 Å². The molecular weight excluding hydrogens is 158 g/mol. The Morgan fingerprint density at radius 2 is 2.50 bits per heavy atom. The van der Waals surface area contributed by atoms with Crippen molar-refractivity contribution in [3.63, 3.8) is 0 Å². The van der Waals surface area contributed by atoms with Crippen LogP contribution < -0.4 is 0 Å². The van der Waals surface area contributed by atoms with Crippen LogP contribution in [0.15, 0.2) is 0 Å². The van der Waals surface area contributed by atoms with Gasteiger partial charge >= 0.3 is 6.09 Å². The maximum Gasteiger partial charge on any atom is 0.410 e. The summed E-state index contributed by atoms with van der Waals surface area (Å²) >= 11 is 0. The largest absolute Gasteiger partial charge is 0.450 e. The zero-order chi connectivity index (χ0) is 8.72. The van der Waals surface area contributed by atoms with Gasteiger partial charge in [-0.3, -0.25) is 0 Å². The van der Waals surface area contributed by atoms with Gasteiger partial charge in [0.25, 0.3) is 0 Å². The summed E-state index contributed by atoms with van der Waals surface area (Å²) in [5.41, 5.74) is 0. The minimum absolute atomic E-state index is 0.0593. The molecule has 2 rings (SSSR count). The van der Waals surface area contributed by atoms with Crippen LogP contribution >= 0.6 is 0 Å². The number of aliphatic hydroxyl groups is 1. The Hall–Kier alpha value is -0.770. The van der Waals surface area contributed by atoms with Crippen LogP contribution in [0, 0.1) is 5.92 Å². The summed E-state index contributed by atoms with van der Waals surface area (Å²) in [6.07, 6.45) is 0.256.